The average molecular weight is 577 g/mol. The quantitative estimate of drug-likeness (QED) is 0.197. The maximum absolute atomic E-state index is 11.4. The monoisotopic (exact) mass is 576 g/mol. The van der Waals surface area contributed by atoms with Gasteiger partial charge in [0, 0.05) is 24.2 Å². The fraction of sp³-hybridized carbons (Fsp3) is 0.289. The topological polar surface area (TPSA) is 65.0 Å². The Hall–Kier alpha value is -4.35. The van der Waals surface area contributed by atoms with Crippen molar-refractivity contribution in [3.05, 3.63) is 136 Å². The summed E-state index contributed by atoms with van der Waals surface area (Å²) < 4.78 is 17.9. The molecule has 0 aromatic heterocycles. The highest BCUT2D eigenvalue weighted by molar-refractivity contribution is 5.81. The molecule has 5 heteroatoms. The van der Waals surface area contributed by atoms with Crippen LogP contribution < -0.4 is 4.74 Å². The first kappa shape index (κ1) is 30.1. The normalized spacial score (nSPS) is 14.7. The molecule has 2 aliphatic rings. The average Bonchev–Trinajstić information content (AvgIpc) is 3.19. The van der Waals surface area contributed by atoms with Crippen molar-refractivity contribution in [1.29, 1.82) is 0 Å². The lowest BCUT2D eigenvalue weighted by atomic mass is 9.88. The molecule has 43 heavy (non-hydrogen) atoms. The third-order valence-corrected chi connectivity index (χ3v) is 7.90. The zero-order valence-corrected chi connectivity index (χ0v) is 25.1. The molecule has 0 spiro atoms. The molecule has 0 saturated carbocycles. The van der Waals surface area contributed by atoms with Crippen LogP contribution in [-0.4, -0.2) is 37.0 Å². The lowest BCUT2D eigenvalue weighted by Crippen LogP contribution is -2.26. The van der Waals surface area contributed by atoms with Gasteiger partial charge in [0.25, 0.3) is 0 Å². The Morgan fingerprint density at radius 2 is 1.60 bits per heavy atom. The maximum Gasteiger partial charge on any atom is 0.333 e. The molecule has 2 aliphatic carbocycles. The van der Waals surface area contributed by atoms with E-state index in [4.69, 9.17) is 14.2 Å². The highest BCUT2D eigenvalue weighted by Crippen LogP contribution is 2.39. The summed E-state index contributed by atoms with van der Waals surface area (Å²) in [5, 5.41) is 9.36. The number of benzene rings is 3. The van der Waals surface area contributed by atoms with Gasteiger partial charge in [0.05, 0.1) is 0 Å². The van der Waals surface area contributed by atoms with Crippen molar-refractivity contribution in [3.63, 3.8) is 0 Å². The molecule has 0 saturated heterocycles. The SMILES string of the molecule is CCOC(Cc1ccc(OCCOC2=C3CC(CCc4ccccc4)=CC=C3C=Cc3cc(CC)ccc32)cc1)C(=O)O. The van der Waals surface area contributed by atoms with Crippen molar-refractivity contribution in [3.8, 4) is 5.75 Å². The van der Waals surface area contributed by atoms with Crippen LogP contribution in [0, 0.1) is 0 Å². The second kappa shape index (κ2) is 14.7. The van der Waals surface area contributed by atoms with Gasteiger partial charge < -0.3 is 19.3 Å². The molecule has 5 rings (SSSR count). The third-order valence-electron chi connectivity index (χ3n) is 7.90. The van der Waals surface area contributed by atoms with E-state index in [1.165, 1.54) is 33.4 Å². The van der Waals surface area contributed by atoms with Crippen LogP contribution in [0.3, 0.4) is 0 Å². The van der Waals surface area contributed by atoms with Crippen LogP contribution in [0.15, 0.2) is 108 Å². The highest BCUT2D eigenvalue weighted by atomic mass is 16.5. The lowest BCUT2D eigenvalue weighted by molar-refractivity contribution is -0.149. The molecule has 1 N–H and O–H groups in total. The van der Waals surface area contributed by atoms with Crippen molar-refractivity contribution in [1.82, 2.24) is 0 Å². The van der Waals surface area contributed by atoms with Crippen LogP contribution in [0.5, 0.6) is 5.75 Å². The first-order valence-electron chi connectivity index (χ1n) is 15.2. The molecule has 5 nitrogen and oxygen atoms in total. The summed E-state index contributed by atoms with van der Waals surface area (Å²) in [6.07, 6.45) is 12.2. The Morgan fingerprint density at radius 1 is 0.837 bits per heavy atom. The van der Waals surface area contributed by atoms with Crippen LogP contribution in [0.1, 0.15) is 54.5 Å². The predicted molar refractivity (Wildman–Crippen MR) is 172 cm³/mol. The lowest BCUT2D eigenvalue weighted by Gasteiger charge is -2.21. The van der Waals surface area contributed by atoms with Crippen LogP contribution in [0.4, 0.5) is 0 Å². The summed E-state index contributed by atoms with van der Waals surface area (Å²) in [6.45, 7) is 5.12. The van der Waals surface area contributed by atoms with Gasteiger partial charge in [0.15, 0.2) is 6.10 Å². The van der Waals surface area contributed by atoms with E-state index in [1.54, 1.807) is 6.92 Å². The van der Waals surface area contributed by atoms with Crippen molar-refractivity contribution >= 4 is 17.8 Å². The largest absolute Gasteiger partial charge is 0.490 e. The third kappa shape index (κ3) is 7.94. The molecule has 1 unspecified atom stereocenters. The number of ether oxygens (including phenoxy) is 3. The molecule has 222 valence electrons. The molecular formula is C38H40O5. The van der Waals surface area contributed by atoms with E-state index in [2.05, 4.69) is 79.8 Å². The number of aliphatic carboxylic acids is 1. The van der Waals surface area contributed by atoms with Crippen LogP contribution in [0.2, 0.25) is 0 Å². The van der Waals surface area contributed by atoms with E-state index in [0.717, 1.165) is 42.6 Å². The van der Waals surface area contributed by atoms with Gasteiger partial charge in [-0.2, -0.15) is 0 Å². The molecule has 0 radical (unpaired) electrons. The molecule has 0 fully saturated rings. The number of hydrogen-bond donors (Lipinski definition) is 1. The highest BCUT2D eigenvalue weighted by Gasteiger charge is 2.23. The van der Waals surface area contributed by atoms with Gasteiger partial charge >= 0.3 is 5.97 Å². The molecule has 0 aliphatic heterocycles. The van der Waals surface area contributed by atoms with Crippen LogP contribution in [-0.2, 0) is 33.5 Å². The summed E-state index contributed by atoms with van der Waals surface area (Å²) in [5.41, 5.74) is 9.63. The Bertz CT molecular complexity index is 1530. The summed E-state index contributed by atoms with van der Waals surface area (Å²) in [4.78, 5) is 11.4. The molecule has 3 aromatic carbocycles. The van der Waals surface area contributed by atoms with Crippen LogP contribution >= 0.6 is 0 Å². The maximum atomic E-state index is 11.4. The standard InChI is InChI=1S/C38H40O5/c1-3-27-15-21-34-32(24-27)18-17-31-16-12-29(11-10-28-8-6-5-7-9-28)25-35(31)37(34)43-23-22-42-33-19-13-30(14-20-33)26-36(38(39)40)41-4-2/h5-9,12-21,24,36H,3-4,10-11,22-23,25-26H2,1-2H3,(H,39,40). The fourth-order valence-corrected chi connectivity index (χ4v) is 5.53. The van der Waals surface area contributed by atoms with E-state index in [9.17, 15) is 9.90 Å². The van der Waals surface area contributed by atoms with Gasteiger partial charge in [-0.1, -0.05) is 97.5 Å². The molecule has 0 bridgehead atoms. The first-order chi connectivity index (χ1) is 21.0. The van der Waals surface area contributed by atoms with Gasteiger partial charge in [0.1, 0.15) is 24.7 Å². The zero-order valence-electron chi connectivity index (χ0n) is 25.1. The molecule has 0 amide bonds. The van der Waals surface area contributed by atoms with E-state index in [1.807, 2.05) is 24.3 Å². The first-order valence-corrected chi connectivity index (χ1v) is 15.2. The smallest absolute Gasteiger partial charge is 0.333 e. The van der Waals surface area contributed by atoms with E-state index in [-0.39, 0.29) is 0 Å². The van der Waals surface area contributed by atoms with Gasteiger partial charge in [-0.25, -0.2) is 4.79 Å². The van der Waals surface area contributed by atoms with Gasteiger partial charge in [-0.3, -0.25) is 0 Å². The Labute approximate surface area is 254 Å². The minimum Gasteiger partial charge on any atom is -0.490 e. The summed E-state index contributed by atoms with van der Waals surface area (Å²) in [7, 11) is 0. The van der Waals surface area contributed by atoms with Crippen molar-refractivity contribution in [2.24, 2.45) is 0 Å². The van der Waals surface area contributed by atoms with E-state index in [0.29, 0.717) is 32.0 Å². The second-order valence-corrected chi connectivity index (χ2v) is 10.9. The number of aryl methyl sites for hydroxylation is 2. The Balaban J connectivity index is 1.27. The van der Waals surface area contributed by atoms with Crippen molar-refractivity contribution in [2.45, 2.75) is 52.1 Å². The second-order valence-electron chi connectivity index (χ2n) is 10.9. The molecule has 0 heterocycles. The van der Waals surface area contributed by atoms with Gasteiger partial charge in [-0.15, -0.1) is 0 Å². The van der Waals surface area contributed by atoms with Crippen LogP contribution in [0.25, 0.3) is 11.8 Å². The van der Waals surface area contributed by atoms with Crippen molar-refractivity contribution < 1.29 is 24.1 Å². The van der Waals surface area contributed by atoms with E-state index < -0.39 is 12.1 Å². The number of carboxylic acid groups (broad SMARTS) is 1. The fourth-order valence-electron chi connectivity index (χ4n) is 5.53. The molecule has 1 atom stereocenters. The number of allylic oxidation sites excluding steroid dienone is 6. The predicted octanol–water partition coefficient (Wildman–Crippen LogP) is 8.00. The van der Waals surface area contributed by atoms with Crippen molar-refractivity contribution in [2.75, 3.05) is 19.8 Å². The molecular weight excluding hydrogens is 536 g/mol. The summed E-state index contributed by atoms with van der Waals surface area (Å²) in [6, 6.07) is 24.8. The number of carboxylic acids is 1. The number of carbonyl (C=O) groups is 1. The summed E-state index contributed by atoms with van der Waals surface area (Å²) in [5.74, 6) is 0.688. The Kier molecular flexibility index (Phi) is 10.3. The molecule has 3 aromatic rings. The number of rotatable bonds is 14. The number of hydrogen-bond acceptors (Lipinski definition) is 4. The van der Waals surface area contributed by atoms with Gasteiger partial charge in [-0.05, 0) is 72.6 Å². The van der Waals surface area contributed by atoms with Gasteiger partial charge in [0.2, 0.25) is 0 Å². The minimum atomic E-state index is -0.953. The Morgan fingerprint density at radius 3 is 2.35 bits per heavy atom. The van der Waals surface area contributed by atoms with E-state index >= 15 is 0 Å². The number of fused-ring (bicyclic) bond motifs is 2. The summed E-state index contributed by atoms with van der Waals surface area (Å²) >= 11 is 0. The zero-order chi connectivity index (χ0) is 30.0. The minimum absolute atomic E-state index is 0.314.